The number of methoxy groups -OCH3 is 1. The van der Waals surface area contributed by atoms with Gasteiger partial charge in [-0.3, -0.25) is 0 Å². The first-order valence-electron chi connectivity index (χ1n) is 7.98. The molecule has 0 saturated heterocycles. The lowest BCUT2D eigenvalue weighted by atomic mass is 9.47. The molecule has 4 aliphatic rings. The molecular formula is C16H29NO. The largest absolute Gasteiger partial charge is 0.383 e. The number of hydrogen-bond acceptors (Lipinski definition) is 2. The highest BCUT2D eigenvalue weighted by Gasteiger charge is 2.53. The van der Waals surface area contributed by atoms with Crippen LogP contribution in [0.15, 0.2) is 0 Å². The molecule has 0 radical (unpaired) electrons. The van der Waals surface area contributed by atoms with Crippen molar-refractivity contribution >= 4 is 0 Å². The van der Waals surface area contributed by atoms with Crippen molar-refractivity contribution in [3.63, 3.8) is 0 Å². The van der Waals surface area contributed by atoms with Crippen molar-refractivity contribution in [3.05, 3.63) is 0 Å². The summed E-state index contributed by atoms with van der Waals surface area (Å²) in [5, 5.41) is 3.80. The first-order chi connectivity index (χ1) is 8.75. The standard InChI is InChI=1S/C16H29NO/c1-3-4-17-15(11-18-2)16-8-12-5-13(9-16)7-14(6-12)10-16/h12-15,17H,3-11H2,1-2H3. The van der Waals surface area contributed by atoms with E-state index in [9.17, 15) is 0 Å². The molecule has 0 aromatic rings. The van der Waals surface area contributed by atoms with E-state index in [0.717, 1.165) is 30.9 Å². The van der Waals surface area contributed by atoms with E-state index < -0.39 is 0 Å². The van der Waals surface area contributed by atoms with Gasteiger partial charge >= 0.3 is 0 Å². The molecule has 0 aromatic heterocycles. The third kappa shape index (κ3) is 2.22. The lowest BCUT2D eigenvalue weighted by Crippen LogP contribution is -2.57. The third-order valence-electron chi connectivity index (χ3n) is 5.80. The van der Waals surface area contributed by atoms with Crippen LogP contribution in [0.3, 0.4) is 0 Å². The van der Waals surface area contributed by atoms with Crippen molar-refractivity contribution in [1.29, 1.82) is 0 Å². The molecule has 18 heavy (non-hydrogen) atoms. The summed E-state index contributed by atoms with van der Waals surface area (Å²) in [6.45, 7) is 4.32. The monoisotopic (exact) mass is 251 g/mol. The zero-order valence-electron chi connectivity index (χ0n) is 12.1. The molecule has 4 aliphatic carbocycles. The van der Waals surface area contributed by atoms with E-state index in [0.29, 0.717) is 11.5 Å². The van der Waals surface area contributed by atoms with Crippen molar-refractivity contribution in [2.45, 2.75) is 57.9 Å². The number of ether oxygens (including phenoxy) is 1. The fourth-order valence-electron chi connectivity index (χ4n) is 5.54. The molecular weight excluding hydrogens is 222 g/mol. The van der Waals surface area contributed by atoms with Gasteiger partial charge in [0.15, 0.2) is 0 Å². The highest BCUT2D eigenvalue weighted by atomic mass is 16.5. The molecule has 0 heterocycles. The molecule has 4 bridgehead atoms. The second kappa shape index (κ2) is 5.13. The van der Waals surface area contributed by atoms with Crippen molar-refractivity contribution < 1.29 is 4.74 Å². The summed E-state index contributed by atoms with van der Waals surface area (Å²) in [7, 11) is 1.86. The fraction of sp³-hybridized carbons (Fsp3) is 1.00. The number of nitrogens with one attached hydrogen (secondary N) is 1. The summed E-state index contributed by atoms with van der Waals surface area (Å²) in [5.41, 5.74) is 0.583. The van der Waals surface area contributed by atoms with Gasteiger partial charge in [-0.25, -0.2) is 0 Å². The highest BCUT2D eigenvalue weighted by Crippen LogP contribution is 2.61. The molecule has 4 fully saturated rings. The predicted octanol–water partition coefficient (Wildman–Crippen LogP) is 3.22. The minimum Gasteiger partial charge on any atom is -0.383 e. The predicted molar refractivity (Wildman–Crippen MR) is 74.6 cm³/mol. The van der Waals surface area contributed by atoms with Crippen LogP contribution in [0.2, 0.25) is 0 Å². The van der Waals surface area contributed by atoms with E-state index in [2.05, 4.69) is 12.2 Å². The smallest absolute Gasteiger partial charge is 0.0621 e. The normalized spacial score (nSPS) is 43.3. The second-order valence-electron chi connectivity index (χ2n) is 7.24. The topological polar surface area (TPSA) is 21.3 Å². The summed E-state index contributed by atoms with van der Waals surface area (Å²) < 4.78 is 5.53. The van der Waals surface area contributed by atoms with E-state index in [1.54, 1.807) is 0 Å². The van der Waals surface area contributed by atoms with E-state index in [1.807, 2.05) is 7.11 Å². The summed E-state index contributed by atoms with van der Waals surface area (Å²) >= 11 is 0. The van der Waals surface area contributed by atoms with Gasteiger partial charge < -0.3 is 10.1 Å². The van der Waals surface area contributed by atoms with Crippen molar-refractivity contribution in [2.75, 3.05) is 20.3 Å². The number of rotatable bonds is 6. The van der Waals surface area contributed by atoms with Gasteiger partial charge in [0.1, 0.15) is 0 Å². The van der Waals surface area contributed by atoms with Crippen LogP contribution < -0.4 is 5.32 Å². The van der Waals surface area contributed by atoms with E-state index in [-0.39, 0.29) is 0 Å². The average molecular weight is 251 g/mol. The maximum atomic E-state index is 5.53. The zero-order valence-corrected chi connectivity index (χ0v) is 12.1. The van der Waals surface area contributed by atoms with Gasteiger partial charge in [-0.2, -0.15) is 0 Å². The molecule has 4 saturated carbocycles. The van der Waals surface area contributed by atoms with E-state index in [4.69, 9.17) is 4.74 Å². The Bertz CT molecular complexity index is 254. The van der Waals surface area contributed by atoms with Crippen LogP contribution in [0, 0.1) is 23.2 Å². The third-order valence-corrected chi connectivity index (χ3v) is 5.80. The molecule has 0 amide bonds. The van der Waals surface area contributed by atoms with Gasteiger partial charge in [0.25, 0.3) is 0 Å². The fourth-order valence-corrected chi connectivity index (χ4v) is 5.54. The Morgan fingerprint density at radius 1 is 1.11 bits per heavy atom. The SMILES string of the molecule is CCCNC(COC)C12CC3CC(CC(C3)C1)C2. The van der Waals surface area contributed by atoms with Gasteiger partial charge in [-0.1, -0.05) is 6.92 Å². The summed E-state index contributed by atoms with van der Waals surface area (Å²) in [6.07, 6.45) is 10.3. The zero-order chi connectivity index (χ0) is 12.6. The van der Waals surface area contributed by atoms with Gasteiger partial charge in [-0.05, 0) is 74.7 Å². The van der Waals surface area contributed by atoms with Crippen molar-refractivity contribution in [1.82, 2.24) is 5.32 Å². The molecule has 2 nitrogen and oxygen atoms in total. The molecule has 1 unspecified atom stereocenters. The van der Waals surface area contributed by atoms with Gasteiger partial charge in [0.05, 0.1) is 6.61 Å². The molecule has 0 aromatic carbocycles. The molecule has 4 rings (SSSR count). The van der Waals surface area contributed by atoms with Crippen LogP contribution in [-0.4, -0.2) is 26.3 Å². The lowest BCUT2D eigenvalue weighted by molar-refractivity contribution is -0.0854. The average Bonchev–Trinajstić information content (AvgIpc) is 2.32. The van der Waals surface area contributed by atoms with Gasteiger partial charge in [-0.15, -0.1) is 0 Å². The Morgan fingerprint density at radius 3 is 2.11 bits per heavy atom. The molecule has 2 heteroatoms. The maximum absolute atomic E-state index is 5.53. The molecule has 0 spiro atoms. The minimum absolute atomic E-state index is 0.583. The Kier molecular flexibility index (Phi) is 3.68. The van der Waals surface area contributed by atoms with E-state index in [1.165, 1.54) is 44.9 Å². The van der Waals surface area contributed by atoms with Gasteiger partial charge in [0, 0.05) is 13.2 Å². The first kappa shape index (κ1) is 12.9. The van der Waals surface area contributed by atoms with Crippen LogP contribution in [0.1, 0.15) is 51.9 Å². The summed E-state index contributed by atoms with van der Waals surface area (Å²) in [6, 6.07) is 0.607. The van der Waals surface area contributed by atoms with Crippen LogP contribution in [0.25, 0.3) is 0 Å². The Hall–Kier alpha value is -0.0800. The maximum Gasteiger partial charge on any atom is 0.0621 e. The summed E-state index contributed by atoms with van der Waals surface area (Å²) in [5.74, 6) is 3.12. The highest BCUT2D eigenvalue weighted by molar-refractivity contribution is 5.06. The summed E-state index contributed by atoms with van der Waals surface area (Å²) in [4.78, 5) is 0. The van der Waals surface area contributed by atoms with Crippen molar-refractivity contribution in [2.24, 2.45) is 23.2 Å². The van der Waals surface area contributed by atoms with Crippen LogP contribution >= 0.6 is 0 Å². The second-order valence-corrected chi connectivity index (χ2v) is 7.24. The molecule has 1 N–H and O–H groups in total. The Morgan fingerprint density at radius 2 is 1.67 bits per heavy atom. The Balaban J connectivity index is 1.75. The molecule has 1 atom stereocenters. The molecule has 0 aliphatic heterocycles. The first-order valence-corrected chi connectivity index (χ1v) is 7.98. The van der Waals surface area contributed by atoms with Crippen molar-refractivity contribution in [3.8, 4) is 0 Å². The minimum atomic E-state index is 0.583. The van der Waals surface area contributed by atoms with Crippen LogP contribution in [-0.2, 0) is 4.74 Å². The number of hydrogen-bond donors (Lipinski definition) is 1. The van der Waals surface area contributed by atoms with Gasteiger partial charge in [0.2, 0.25) is 0 Å². The van der Waals surface area contributed by atoms with Crippen LogP contribution in [0.4, 0.5) is 0 Å². The Labute approximate surface area is 112 Å². The quantitative estimate of drug-likeness (QED) is 0.782. The molecule has 104 valence electrons. The van der Waals surface area contributed by atoms with Crippen LogP contribution in [0.5, 0.6) is 0 Å². The van der Waals surface area contributed by atoms with E-state index >= 15 is 0 Å². The lowest BCUT2D eigenvalue weighted by Gasteiger charge is -2.59.